The van der Waals surface area contributed by atoms with Gasteiger partial charge in [-0.05, 0) is 0 Å². The van der Waals surface area contributed by atoms with E-state index in [-0.39, 0.29) is 36.2 Å². The molecule has 1 aliphatic rings. The minimum absolute atomic E-state index is 0.00171. The number of phenols is 2. The second-order valence-electron chi connectivity index (χ2n) is 3.40. The number of aromatic hydroxyl groups is 2. The summed E-state index contributed by atoms with van der Waals surface area (Å²) in [6.45, 7) is 0.00171. The van der Waals surface area contributed by atoms with E-state index in [1.54, 1.807) is 0 Å². The molecule has 1 heterocycles. The monoisotopic (exact) mass is 207 g/mol. The second kappa shape index (κ2) is 3.27. The van der Waals surface area contributed by atoms with Crippen LogP contribution in [-0.2, 0) is 9.59 Å². The van der Waals surface area contributed by atoms with E-state index in [1.165, 1.54) is 17.0 Å². The van der Waals surface area contributed by atoms with Crippen molar-refractivity contribution in [3.05, 3.63) is 18.2 Å². The second-order valence-corrected chi connectivity index (χ2v) is 3.40. The summed E-state index contributed by atoms with van der Waals surface area (Å²) < 4.78 is 0. The molecule has 1 aromatic rings. The van der Waals surface area contributed by atoms with Crippen LogP contribution in [0.5, 0.6) is 11.5 Å². The zero-order chi connectivity index (χ0) is 11.0. The highest BCUT2D eigenvalue weighted by Gasteiger charge is 2.28. The lowest BCUT2D eigenvalue weighted by Gasteiger charge is -2.14. The molecule has 0 unspecified atom stereocenters. The highest BCUT2D eigenvalue weighted by atomic mass is 16.3. The molecule has 5 nitrogen and oxygen atoms in total. The van der Waals surface area contributed by atoms with Gasteiger partial charge >= 0.3 is 0 Å². The molecule has 0 atom stereocenters. The Morgan fingerprint density at radius 2 is 1.67 bits per heavy atom. The standard InChI is InChI=1S/C10H9NO4/c12-7-1-6(2-8(13)3-7)11-5-9(14)4-10(11)15/h1-3,12-13H,4-5H2. The maximum Gasteiger partial charge on any atom is 0.234 e. The van der Waals surface area contributed by atoms with Crippen LogP contribution in [0.3, 0.4) is 0 Å². The summed E-state index contributed by atoms with van der Waals surface area (Å²) >= 11 is 0. The maximum absolute atomic E-state index is 11.3. The Kier molecular flexibility index (Phi) is 2.07. The van der Waals surface area contributed by atoms with Gasteiger partial charge in [-0.3, -0.25) is 9.59 Å². The number of hydrogen-bond donors (Lipinski definition) is 2. The zero-order valence-electron chi connectivity index (χ0n) is 7.80. The Morgan fingerprint density at radius 1 is 1.07 bits per heavy atom. The highest BCUT2D eigenvalue weighted by molar-refractivity contribution is 6.15. The number of nitrogens with zero attached hydrogens (tertiary/aromatic N) is 1. The number of benzene rings is 1. The Balaban J connectivity index is 2.37. The van der Waals surface area contributed by atoms with E-state index in [1.807, 2.05) is 0 Å². The first-order chi connectivity index (χ1) is 7.06. The number of amides is 1. The van der Waals surface area contributed by atoms with Crippen molar-refractivity contribution in [2.45, 2.75) is 6.42 Å². The minimum atomic E-state index is -0.315. The molecule has 1 aromatic carbocycles. The molecule has 1 aliphatic heterocycles. The topological polar surface area (TPSA) is 77.8 Å². The first kappa shape index (κ1) is 9.51. The molecule has 0 spiro atoms. The van der Waals surface area contributed by atoms with E-state index in [0.29, 0.717) is 5.69 Å². The third kappa shape index (κ3) is 1.76. The molecule has 0 aromatic heterocycles. The number of hydrogen-bond acceptors (Lipinski definition) is 4. The van der Waals surface area contributed by atoms with E-state index in [9.17, 15) is 19.8 Å². The first-order valence-electron chi connectivity index (χ1n) is 4.41. The summed E-state index contributed by atoms with van der Waals surface area (Å²) in [5.41, 5.74) is 0.336. The number of Topliss-reactive ketones (excluding diaryl/α,β-unsaturated/α-hetero) is 1. The summed E-state index contributed by atoms with van der Waals surface area (Å²) in [6, 6.07) is 3.82. The lowest BCUT2D eigenvalue weighted by Crippen LogP contribution is -2.24. The number of phenolic OH excluding ortho intramolecular Hbond substituents is 2. The van der Waals surface area contributed by atoms with Gasteiger partial charge in [0.15, 0.2) is 5.78 Å². The van der Waals surface area contributed by atoms with Gasteiger partial charge < -0.3 is 15.1 Å². The molecule has 1 saturated heterocycles. The van der Waals surface area contributed by atoms with Gasteiger partial charge in [-0.25, -0.2) is 0 Å². The van der Waals surface area contributed by atoms with E-state index >= 15 is 0 Å². The lowest BCUT2D eigenvalue weighted by atomic mass is 10.2. The number of ketones is 1. The van der Waals surface area contributed by atoms with Gasteiger partial charge in [0.05, 0.1) is 18.7 Å². The average Bonchev–Trinajstić information content (AvgIpc) is 2.43. The summed E-state index contributed by atoms with van der Waals surface area (Å²) in [5.74, 6) is -0.762. The Bertz CT molecular complexity index is 421. The molecule has 1 fully saturated rings. The van der Waals surface area contributed by atoms with Crippen LogP contribution in [0.4, 0.5) is 5.69 Å². The predicted molar refractivity (Wildman–Crippen MR) is 51.7 cm³/mol. The van der Waals surface area contributed by atoms with Crippen LogP contribution in [0.2, 0.25) is 0 Å². The normalized spacial score (nSPS) is 16.1. The van der Waals surface area contributed by atoms with E-state index in [2.05, 4.69) is 0 Å². The van der Waals surface area contributed by atoms with Crippen molar-refractivity contribution in [3.8, 4) is 11.5 Å². The van der Waals surface area contributed by atoms with E-state index < -0.39 is 0 Å². The summed E-state index contributed by atoms with van der Waals surface area (Å²) in [4.78, 5) is 23.6. The fraction of sp³-hybridized carbons (Fsp3) is 0.200. The van der Waals surface area contributed by atoms with Crippen molar-refractivity contribution in [1.82, 2.24) is 0 Å². The average molecular weight is 207 g/mol. The summed E-state index contributed by atoms with van der Waals surface area (Å²) in [6.07, 6.45) is -0.115. The Morgan fingerprint density at radius 3 is 2.13 bits per heavy atom. The third-order valence-corrected chi connectivity index (χ3v) is 2.18. The van der Waals surface area contributed by atoms with Crippen LogP contribution >= 0.6 is 0 Å². The third-order valence-electron chi connectivity index (χ3n) is 2.18. The largest absolute Gasteiger partial charge is 0.508 e. The van der Waals surface area contributed by atoms with Crippen LogP contribution < -0.4 is 4.90 Å². The smallest absolute Gasteiger partial charge is 0.234 e. The van der Waals surface area contributed by atoms with Gasteiger partial charge in [0.1, 0.15) is 11.5 Å². The molecule has 2 N–H and O–H groups in total. The van der Waals surface area contributed by atoms with Gasteiger partial charge in [-0.15, -0.1) is 0 Å². The Hall–Kier alpha value is -2.04. The summed E-state index contributed by atoms with van der Waals surface area (Å²) in [5, 5.41) is 18.4. The number of anilines is 1. The van der Waals surface area contributed by atoms with Crippen molar-refractivity contribution in [3.63, 3.8) is 0 Å². The van der Waals surface area contributed by atoms with Gasteiger partial charge in [0.25, 0.3) is 0 Å². The number of carbonyl (C=O) groups excluding carboxylic acids is 2. The molecule has 0 bridgehead atoms. The van der Waals surface area contributed by atoms with E-state index in [0.717, 1.165) is 6.07 Å². The van der Waals surface area contributed by atoms with Crippen LogP contribution in [0, 0.1) is 0 Å². The number of carbonyl (C=O) groups is 2. The SMILES string of the molecule is O=C1CC(=O)N(c2cc(O)cc(O)c2)C1. The maximum atomic E-state index is 11.3. The first-order valence-corrected chi connectivity index (χ1v) is 4.41. The lowest BCUT2D eigenvalue weighted by molar-refractivity contribution is -0.121. The fourth-order valence-corrected chi connectivity index (χ4v) is 1.56. The quantitative estimate of drug-likeness (QED) is 0.653. The summed E-state index contributed by atoms with van der Waals surface area (Å²) in [7, 11) is 0. The highest BCUT2D eigenvalue weighted by Crippen LogP contribution is 2.28. The molecule has 0 saturated carbocycles. The minimum Gasteiger partial charge on any atom is -0.508 e. The molecule has 0 aliphatic carbocycles. The molecule has 5 heteroatoms. The van der Waals surface area contributed by atoms with Crippen LogP contribution in [-0.4, -0.2) is 28.4 Å². The van der Waals surface area contributed by atoms with Crippen molar-refractivity contribution in [2.75, 3.05) is 11.4 Å². The zero-order valence-corrected chi connectivity index (χ0v) is 7.80. The van der Waals surface area contributed by atoms with Crippen molar-refractivity contribution in [1.29, 1.82) is 0 Å². The molecule has 78 valence electrons. The molecule has 2 rings (SSSR count). The fourth-order valence-electron chi connectivity index (χ4n) is 1.56. The predicted octanol–water partition coefficient (Wildman–Crippen LogP) is 0.404. The molecular weight excluding hydrogens is 198 g/mol. The molecular formula is C10H9NO4. The molecule has 15 heavy (non-hydrogen) atoms. The van der Waals surface area contributed by atoms with Crippen LogP contribution in [0.1, 0.15) is 6.42 Å². The van der Waals surface area contributed by atoms with Gasteiger partial charge in [-0.2, -0.15) is 0 Å². The van der Waals surface area contributed by atoms with Gasteiger partial charge in [0, 0.05) is 18.2 Å². The number of rotatable bonds is 1. The van der Waals surface area contributed by atoms with Gasteiger partial charge in [0.2, 0.25) is 5.91 Å². The van der Waals surface area contributed by atoms with Crippen molar-refractivity contribution < 1.29 is 19.8 Å². The van der Waals surface area contributed by atoms with Crippen LogP contribution in [0.15, 0.2) is 18.2 Å². The molecule has 0 radical (unpaired) electrons. The van der Waals surface area contributed by atoms with Crippen molar-refractivity contribution >= 4 is 17.4 Å². The molecule has 1 amide bonds. The van der Waals surface area contributed by atoms with Crippen LogP contribution in [0.25, 0.3) is 0 Å². The van der Waals surface area contributed by atoms with E-state index in [4.69, 9.17) is 0 Å². The van der Waals surface area contributed by atoms with Crippen molar-refractivity contribution in [2.24, 2.45) is 0 Å². The Labute approximate surface area is 85.6 Å². The van der Waals surface area contributed by atoms with Gasteiger partial charge in [-0.1, -0.05) is 0 Å².